The van der Waals surface area contributed by atoms with Crippen LogP contribution in [0.1, 0.15) is 49.1 Å². The number of sulfonamides is 1. The Bertz CT molecular complexity index is 1510. The van der Waals surface area contributed by atoms with Crippen molar-refractivity contribution >= 4 is 21.6 Å². The minimum absolute atomic E-state index is 0.0962. The van der Waals surface area contributed by atoms with E-state index in [0.29, 0.717) is 24.9 Å². The van der Waals surface area contributed by atoms with Gasteiger partial charge in [-0.2, -0.15) is 4.31 Å². The second kappa shape index (κ2) is 10.9. The van der Waals surface area contributed by atoms with Crippen LogP contribution in [0.2, 0.25) is 0 Å². The predicted octanol–water partition coefficient (Wildman–Crippen LogP) is 4.86. The Morgan fingerprint density at radius 3 is 2.55 bits per heavy atom. The molecule has 2 aromatic rings. The number of hydrogen-bond acceptors (Lipinski definition) is 4. The number of anilines is 1. The molecular formula is C30H33F4N4O3S+. The highest BCUT2D eigenvalue weighted by molar-refractivity contribution is 7.89. The topological polar surface area (TPSA) is 73.8 Å². The molecule has 7 nitrogen and oxygen atoms in total. The molecular weight excluding hydrogens is 572 g/mol. The van der Waals surface area contributed by atoms with Crippen LogP contribution in [0.3, 0.4) is 0 Å². The van der Waals surface area contributed by atoms with Crippen molar-refractivity contribution in [2.24, 2.45) is 5.92 Å². The molecule has 2 bridgehead atoms. The number of rotatable bonds is 8. The van der Waals surface area contributed by atoms with Gasteiger partial charge in [-0.15, -0.1) is 0 Å². The fourth-order valence-electron chi connectivity index (χ4n) is 7.21. The molecule has 1 N–H and O–H groups in total. The average molecular weight is 606 g/mol. The molecule has 6 rings (SSSR count). The summed E-state index contributed by atoms with van der Waals surface area (Å²) in [7, 11) is -3.42. The van der Waals surface area contributed by atoms with Crippen LogP contribution in [0.5, 0.6) is 0 Å². The number of nitrogens with one attached hydrogen (secondary N) is 1. The summed E-state index contributed by atoms with van der Waals surface area (Å²) in [5, 5.41) is 2.71. The third-order valence-corrected chi connectivity index (χ3v) is 11.3. The van der Waals surface area contributed by atoms with Gasteiger partial charge in [0.05, 0.1) is 11.7 Å². The first-order valence-electron chi connectivity index (χ1n) is 14.3. The Balaban J connectivity index is 1.22. The molecule has 1 saturated carbocycles. The van der Waals surface area contributed by atoms with Gasteiger partial charge in [-0.05, 0) is 61.4 Å². The van der Waals surface area contributed by atoms with E-state index in [1.165, 1.54) is 42.5 Å². The zero-order valence-corrected chi connectivity index (χ0v) is 23.7. The van der Waals surface area contributed by atoms with Crippen molar-refractivity contribution in [3.8, 4) is 6.57 Å². The minimum atomic E-state index is -3.42. The maximum absolute atomic E-state index is 15.2. The van der Waals surface area contributed by atoms with Crippen LogP contribution in [-0.2, 0) is 21.2 Å². The lowest BCUT2D eigenvalue weighted by atomic mass is 9.68. The standard InChI is InChI=1S/C30H32F4N4O3S/c1-35-28(27(19-14-30(33,34)15-19)18-7-9-20(31)10-8-18)29(39)36-24-6-2-5-23(32)22(24)11-12-25-26-17-37(26)21-4-3-13-42(40,41)38(25)16-21/h1-2,5-10,19,21,25-28H,3-4,11-17H2/p+1. The molecule has 42 heavy (non-hydrogen) atoms. The van der Waals surface area contributed by atoms with E-state index in [9.17, 15) is 26.4 Å². The van der Waals surface area contributed by atoms with Gasteiger partial charge in [0.1, 0.15) is 11.6 Å². The van der Waals surface area contributed by atoms with Crippen molar-refractivity contribution in [3.63, 3.8) is 0 Å². The van der Waals surface area contributed by atoms with Gasteiger partial charge < -0.3 is 5.32 Å². The molecule has 12 heteroatoms. The summed E-state index contributed by atoms with van der Waals surface area (Å²) in [6.45, 7) is 6.92. The van der Waals surface area contributed by atoms with E-state index in [1.54, 1.807) is 4.31 Å². The van der Waals surface area contributed by atoms with Crippen molar-refractivity contribution < 1.29 is 30.8 Å². The molecule has 224 valence electrons. The molecule has 3 saturated heterocycles. The van der Waals surface area contributed by atoms with E-state index in [-0.39, 0.29) is 41.6 Å². The summed E-state index contributed by atoms with van der Waals surface area (Å²) in [5.41, 5.74) is 0.858. The van der Waals surface area contributed by atoms with Crippen LogP contribution >= 0.6 is 0 Å². The number of halogens is 4. The van der Waals surface area contributed by atoms with Gasteiger partial charge in [0.2, 0.25) is 15.9 Å². The number of carbonyl (C=O) groups is 1. The number of hydrogen-bond donors (Lipinski definition) is 1. The Morgan fingerprint density at radius 1 is 1.12 bits per heavy atom. The van der Waals surface area contributed by atoms with Gasteiger partial charge in [0, 0.05) is 55.3 Å². The van der Waals surface area contributed by atoms with Crippen LogP contribution < -0.4 is 5.32 Å². The van der Waals surface area contributed by atoms with E-state index in [1.807, 2.05) is 0 Å². The Kier molecular flexibility index (Phi) is 7.56. The molecule has 7 unspecified atom stereocenters. The van der Waals surface area contributed by atoms with Crippen LogP contribution in [0, 0.1) is 24.1 Å². The second-order valence-electron chi connectivity index (χ2n) is 12.0. The normalized spacial score (nSPS) is 30.5. The van der Waals surface area contributed by atoms with E-state index < -0.39 is 64.2 Å². The first-order chi connectivity index (χ1) is 20.0. The van der Waals surface area contributed by atoms with Gasteiger partial charge in [-0.25, -0.2) is 26.0 Å². The number of fused-ring (bicyclic) bond motifs is 4. The van der Waals surface area contributed by atoms with Crippen molar-refractivity contribution in [2.45, 2.75) is 74.5 Å². The highest BCUT2D eigenvalue weighted by Gasteiger charge is 2.56. The van der Waals surface area contributed by atoms with E-state index in [2.05, 4.69) is 15.1 Å². The molecule has 3 aliphatic heterocycles. The van der Waals surface area contributed by atoms with Gasteiger partial charge in [0.25, 0.3) is 6.57 Å². The summed E-state index contributed by atoms with van der Waals surface area (Å²) >= 11 is 0. The lowest BCUT2D eigenvalue weighted by molar-refractivity contribution is -0.127. The first-order valence-corrected chi connectivity index (χ1v) is 16.0. The highest BCUT2D eigenvalue weighted by Crippen LogP contribution is 2.51. The molecule has 0 aromatic heterocycles. The van der Waals surface area contributed by atoms with Crippen LogP contribution in [0.25, 0.3) is 4.85 Å². The number of amides is 1. The van der Waals surface area contributed by atoms with Gasteiger partial charge in [-0.1, -0.05) is 23.0 Å². The Hall–Kier alpha value is -3.01. The van der Waals surface area contributed by atoms with Crippen molar-refractivity contribution in [1.82, 2.24) is 9.21 Å². The zero-order chi connectivity index (χ0) is 29.8. The van der Waals surface area contributed by atoms with E-state index in [4.69, 9.17) is 6.57 Å². The number of alkyl halides is 2. The lowest BCUT2D eigenvalue weighted by Gasteiger charge is -2.39. The predicted molar refractivity (Wildman–Crippen MR) is 150 cm³/mol. The Morgan fingerprint density at radius 2 is 1.86 bits per heavy atom. The lowest BCUT2D eigenvalue weighted by Crippen LogP contribution is -2.53. The van der Waals surface area contributed by atoms with E-state index in [0.717, 1.165) is 13.0 Å². The largest absolute Gasteiger partial charge is 0.355 e. The summed E-state index contributed by atoms with van der Waals surface area (Å²) < 4.78 is 84.1. The van der Waals surface area contributed by atoms with Gasteiger partial charge in [-0.3, -0.25) is 9.69 Å². The molecule has 1 aliphatic carbocycles. The maximum atomic E-state index is 15.2. The second-order valence-corrected chi connectivity index (χ2v) is 14.0. The summed E-state index contributed by atoms with van der Waals surface area (Å²) in [5.74, 6) is -5.98. The van der Waals surface area contributed by atoms with Crippen molar-refractivity contribution in [3.05, 3.63) is 70.1 Å². The molecule has 4 fully saturated rings. The Labute approximate surface area is 242 Å². The molecule has 2 aromatic carbocycles. The van der Waals surface area contributed by atoms with Crippen LogP contribution in [-0.4, -0.2) is 72.5 Å². The molecule has 4 aliphatic rings. The highest BCUT2D eigenvalue weighted by atomic mass is 32.2. The minimum Gasteiger partial charge on any atom is -0.319 e. The molecule has 3 heterocycles. The quantitative estimate of drug-likeness (QED) is 0.345. The SMILES string of the molecule is C#[N+]C(C(=O)Nc1cccc(F)c1CCC1C2CN2C2CCCS(=O)(=O)N1C2)C(c1ccc(F)cc1)C1CC(F)(F)C1. The van der Waals surface area contributed by atoms with Crippen LogP contribution in [0.4, 0.5) is 23.2 Å². The van der Waals surface area contributed by atoms with Crippen molar-refractivity contribution in [2.75, 3.05) is 24.2 Å². The third-order valence-electron chi connectivity index (χ3n) is 9.38. The summed E-state index contributed by atoms with van der Waals surface area (Å²) in [6, 6.07) is 8.24. The number of benzene rings is 2. The number of nitrogens with zero attached hydrogens (tertiary/aromatic N) is 3. The first kappa shape index (κ1) is 29.1. The fraction of sp³-hybridized carbons (Fsp3) is 0.533. The third kappa shape index (κ3) is 5.54. The molecule has 7 atom stereocenters. The number of piperazine rings is 1. The summed E-state index contributed by atoms with van der Waals surface area (Å²) in [6.07, 6.45) is 1.09. The molecule has 1 amide bonds. The van der Waals surface area contributed by atoms with Crippen LogP contribution in [0.15, 0.2) is 42.5 Å². The number of carbonyl (C=O) groups excluding carboxylic acids is 1. The smallest absolute Gasteiger partial charge is 0.319 e. The fourth-order valence-corrected chi connectivity index (χ4v) is 9.04. The van der Waals surface area contributed by atoms with Crippen molar-refractivity contribution in [1.29, 1.82) is 0 Å². The average Bonchev–Trinajstić information content (AvgIpc) is 3.73. The zero-order valence-electron chi connectivity index (χ0n) is 22.9. The maximum Gasteiger partial charge on any atom is 0.355 e. The monoisotopic (exact) mass is 605 g/mol. The molecule has 0 spiro atoms. The molecule has 0 radical (unpaired) electrons. The summed E-state index contributed by atoms with van der Waals surface area (Å²) in [4.78, 5) is 19.6. The van der Waals surface area contributed by atoms with E-state index >= 15 is 4.39 Å². The van der Waals surface area contributed by atoms with Gasteiger partial charge in [0.15, 0.2) is 0 Å². The van der Waals surface area contributed by atoms with Gasteiger partial charge >= 0.3 is 11.9 Å².